The monoisotopic (exact) mass is 348 g/mol. The van der Waals surface area contributed by atoms with Crippen LogP contribution in [0.5, 0.6) is 11.5 Å². The molecule has 0 aliphatic carbocycles. The molecule has 7 heteroatoms. The molecule has 0 saturated heterocycles. The summed E-state index contributed by atoms with van der Waals surface area (Å²) in [5.74, 6) is 2.11. The second-order valence-corrected chi connectivity index (χ2v) is 6.39. The fourth-order valence-electron chi connectivity index (χ4n) is 2.14. The summed E-state index contributed by atoms with van der Waals surface area (Å²) in [5, 5.41) is 7.63. The first-order valence-electron chi connectivity index (χ1n) is 7.85. The Morgan fingerprint density at radius 1 is 1.25 bits per heavy atom. The Kier molecular flexibility index (Phi) is 6.87. The van der Waals surface area contributed by atoms with Gasteiger partial charge in [0.15, 0.2) is 17.5 Å². The molecule has 0 radical (unpaired) electrons. The molecule has 24 heavy (non-hydrogen) atoms. The predicted molar refractivity (Wildman–Crippen MR) is 99.7 cm³/mol. The molecule has 1 aromatic carbocycles. The third-order valence-electron chi connectivity index (χ3n) is 3.26. The minimum atomic E-state index is 0.676. The molecular weight excluding hydrogens is 324 g/mol. The number of nitrogens with zero attached hydrogens (tertiary/aromatic N) is 2. The lowest BCUT2D eigenvalue weighted by Gasteiger charge is -2.13. The van der Waals surface area contributed by atoms with Gasteiger partial charge in [0.2, 0.25) is 0 Å². The van der Waals surface area contributed by atoms with Gasteiger partial charge in [-0.3, -0.25) is 4.99 Å². The van der Waals surface area contributed by atoms with Crippen molar-refractivity contribution < 1.29 is 9.47 Å². The highest BCUT2D eigenvalue weighted by Crippen LogP contribution is 2.29. The number of aliphatic imine (C=N–C) groups is 1. The maximum absolute atomic E-state index is 5.33. The van der Waals surface area contributed by atoms with E-state index < -0.39 is 0 Å². The van der Waals surface area contributed by atoms with E-state index in [1.54, 1.807) is 25.6 Å². The SMILES string of the molecule is CCNC(=NCCc1ncc(C)s1)Nc1ccc(OC)c(OC)c1. The van der Waals surface area contributed by atoms with Gasteiger partial charge < -0.3 is 20.1 Å². The highest BCUT2D eigenvalue weighted by atomic mass is 32.1. The fourth-order valence-corrected chi connectivity index (χ4v) is 2.91. The molecule has 1 aromatic heterocycles. The van der Waals surface area contributed by atoms with E-state index in [0.717, 1.165) is 29.6 Å². The summed E-state index contributed by atoms with van der Waals surface area (Å²) >= 11 is 1.71. The van der Waals surface area contributed by atoms with Crippen LogP contribution in [0.3, 0.4) is 0 Å². The number of aryl methyl sites for hydroxylation is 1. The number of guanidine groups is 1. The molecule has 0 atom stereocenters. The largest absolute Gasteiger partial charge is 0.493 e. The van der Waals surface area contributed by atoms with Crippen LogP contribution in [0.1, 0.15) is 16.8 Å². The molecule has 0 saturated carbocycles. The van der Waals surface area contributed by atoms with Gasteiger partial charge in [-0.1, -0.05) is 0 Å². The Balaban J connectivity index is 2.03. The number of hydrogen-bond acceptors (Lipinski definition) is 5. The normalized spacial score (nSPS) is 11.2. The summed E-state index contributed by atoms with van der Waals surface area (Å²) in [5.41, 5.74) is 0.887. The first-order valence-corrected chi connectivity index (χ1v) is 8.66. The maximum Gasteiger partial charge on any atom is 0.195 e. The average Bonchev–Trinajstić information content (AvgIpc) is 3.00. The number of thiazole rings is 1. The molecule has 0 bridgehead atoms. The van der Waals surface area contributed by atoms with Crippen molar-refractivity contribution in [3.05, 3.63) is 34.3 Å². The van der Waals surface area contributed by atoms with Crippen LogP contribution in [0.25, 0.3) is 0 Å². The second-order valence-electron chi connectivity index (χ2n) is 5.07. The number of rotatable bonds is 7. The number of anilines is 1. The summed E-state index contributed by atoms with van der Waals surface area (Å²) in [7, 11) is 3.24. The van der Waals surface area contributed by atoms with Crippen molar-refractivity contribution in [3.8, 4) is 11.5 Å². The van der Waals surface area contributed by atoms with Crippen LogP contribution in [-0.4, -0.2) is 38.3 Å². The summed E-state index contributed by atoms with van der Waals surface area (Å²) < 4.78 is 10.6. The van der Waals surface area contributed by atoms with Crippen molar-refractivity contribution in [3.63, 3.8) is 0 Å². The number of aromatic nitrogens is 1. The minimum Gasteiger partial charge on any atom is -0.493 e. The van der Waals surface area contributed by atoms with E-state index in [-0.39, 0.29) is 0 Å². The van der Waals surface area contributed by atoms with E-state index in [0.29, 0.717) is 18.0 Å². The number of hydrogen-bond donors (Lipinski definition) is 2. The Labute approximate surface area is 146 Å². The lowest BCUT2D eigenvalue weighted by molar-refractivity contribution is 0.355. The third kappa shape index (κ3) is 5.13. The summed E-state index contributed by atoms with van der Waals surface area (Å²) in [6, 6.07) is 5.68. The Bertz CT molecular complexity index is 685. The number of benzene rings is 1. The fraction of sp³-hybridized carbons (Fsp3) is 0.412. The van der Waals surface area contributed by atoms with Gasteiger partial charge in [0, 0.05) is 42.3 Å². The molecule has 6 nitrogen and oxygen atoms in total. The molecule has 0 amide bonds. The van der Waals surface area contributed by atoms with E-state index in [1.807, 2.05) is 31.3 Å². The van der Waals surface area contributed by atoms with Crippen LogP contribution in [0.4, 0.5) is 5.69 Å². The van der Waals surface area contributed by atoms with E-state index >= 15 is 0 Å². The smallest absolute Gasteiger partial charge is 0.195 e. The number of methoxy groups -OCH3 is 2. The van der Waals surface area contributed by atoms with Crippen molar-refractivity contribution in [2.24, 2.45) is 4.99 Å². The van der Waals surface area contributed by atoms with Crippen LogP contribution >= 0.6 is 11.3 Å². The van der Waals surface area contributed by atoms with Gasteiger partial charge >= 0.3 is 0 Å². The highest BCUT2D eigenvalue weighted by molar-refractivity contribution is 7.11. The molecular formula is C17H24N4O2S. The van der Waals surface area contributed by atoms with Gasteiger partial charge in [-0.05, 0) is 26.0 Å². The molecule has 0 spiro atoms. The molecule has 2 N–H and O–H groups in total. The minimum absolute atomic E-state index is 0.676. The molecule has 2 rings (SSSR count). The summed E-state index contributed by atoms with van der Waals surface area (Å²) in [6.07, 6.45) is 2.73. The summed E-state index contributed by atoms with van der Waals surface area (Å²) in [4.78, 5) is 10.2. The topological polar surface area (TPSA) is 67.8 Å². The zero-order chi connectivity index (χ0) is 17.4. The molecule has 0 aliphatic heterocycles. The van der Waals surface area contributed by atoms with E-state index in [2.05, 4.69) is 27.5 Å². The Morgan fingerprint density at radius 2 is 2.04 bits per heavy atom. The zero-order valence-corrected chi connectivity index (χ0v) is 15.4. The van der Waals surface area contributed by atoms with Gasteiger partial charge in [0.25, 0.3) is 0 Å². The molecule has 0 fully saturated rings. The summed E-state index contributed by atoms with van der Waals surface area (Å²) in [6.45, 7) is 5.56. The van der Waals surface area contributed by atoms with E-state index in [1.165, 1.54) is 4.88 Å². The second kappa shape index (κ2) is 9.12. The van der Waals surface area contributed by atoms with Crippen molar-refractivity contribution in [1.82, 2.24) is 10.3 Å². The first kappa shape index (κ1) is 18.1. The van der Waals surface area contributed by atoms with Crippen LogP contribution in [-0.2, 0) is 6.42 Å². The van der Waals surface area contributed by atoms with Gasteiger partial charge in [0.1, 0.15) is 0 Å². The van der Waals surface area contributed by atoms with E-state index in [4.69, 9.17) is 9.47 Å². The van der Waals surface area contributed by atoms with Crippen molar-refractivity contribution in [2.75, 3.05) is 32.6 Å². The highest BCUT2D eigenvalue weighted by Gasteiger charge is 2.06. The van der Waals surface area contributed by atoms with Crippen molar-refractivity contribution in [2.45, 2.75) is 20.3 Å². The predicted octanol–water partition coefficient (Wildman–Crippen LogP) is 3.09. The third-order valence-corrected chi connectivity index (χ3v) is 4.23. The van der Waals surface area contributed by atoms with Gasteiger partial charge in [-0.2, -0.15) is 0 Å². The average molecular weight is 348 g/mol. The first-order chi connectivity index (χ1) is 11.7. The van der Waals surface area contributed by atoms with Crippen LogP contribution in [0.2, 0.25) is 0 Å². The van der Waals surface area contributed by atoms with Gasteiger partial charge in [-0.25, -0.2) is 4.98 Å². The quantitative estimate of drug-likeness (QED) is 0.594. The molecule has 2 aromatic rings. The van der Waals surface area contributed by atoms with Crippen LogP contribution in [0.15, 0.2) is 29.4 Å². The van der Waals surface area contributed by atoms with Gasteiger partial charge in [-0.15, -0.1) is 11.3 Å². The van der Waals surface area contributed by atoms with E-state index in [9.17, 15) is 0 Å². The molecule has 130 valence electrons. The van der Waals surface area contributed by atoms with Crippen LogP contribution in [0, 0.1) is 6.92 Å². The van der Waals surface area contributed by atoms with Crippen molar-refractivity contribution >= 4 is 23.0 Å². The molecule has 0 unspecified atom stereocenters. The van der Waals surface area contributed by atoms with Gasteiger partial charge in [0.05, 0.1) is 19.2 Å². The Hall–Kier alpha value is -2.28. The van der Waals surface area contributed by atoms with Crippen LogP contribution < -0.4 is 20.1 Å². The Morgan fingerprint density at radius 3 is 2.67 bits per heavy atom. The lowest BCUT2D eigenvalue weighted by Crippen LogP contribution is -2.30. The number of nitrogens with one attached hydrogen (secondary N) is 2. The lowest BCUT2D eigenvalue weighted by atomic mass is 10.3. The maximum atomic E-state index is 5.33. The standard InChI is InChI=1S/C17H24N4O2S/c1-5-18-17(19-9-8-16-20-11-12(2)24-16)21-13-6-7-14(22-3)15(10-13)23-4/h6-7,10-11H,5,8-9H2,1-4H3,(H2,18,19,21). The van der Waals surface area contributed by atoms with Crippen molar-refractivity contribution in [1.29, 1.82) is 0 Å². The zero-order valence-electron chi connectivity index (χ0n) is 14.5. The number of ether oxygens (including phenoxy) is 2. The molecule has 0 aliphatic rings. The molecule has 1 heterocycles.